The largest absolute Gasteiger partial charge is 1.00 e. The second-order valence-corrected chi connectivity index (χ2v) is 7.00. The van der Waals surface area contributed by atoms with Gasteiger partial charge in [-0.2, -0.15) is 0 Å². The van der Waals surface area contributed by atoms with Gasteiger partial charge in [0.15, 0.2) is 0 Å². The molecule has 0 unspecified atom stereocenters. The summed E-state index contributed by atoms with van der Waals surface area (Å²) in [5.74, 6) is 0. The molecule has 0 fully saturated rings. The molecule has 0 bridgehead atoms. The molecular weight excluding hydrogens is 254 g/mol. The molecule has 0 rings (SSSR count). The van der Waals surface area contributed by atoms with E-state index in [4.69, 9.17) is 31.6 Å². The van der Waals surface area contributed by atoms with Crippen LogP contribution in [0.3, 0.4) is 0 Å². The fraction of sp³-hybridized carbons (Fsp3) is 0. The zero-order valence-corrected chi connectivity index (χ0v) is 11.2. The number of hydrogen-bond acceptors (Lipinski definition) is 6. The molecule has 0 aliphatic heterocycles. The van der Waals surface area contributed by atoms with Crippen LogP contribution in [0, 0.1) is 61.6 Å². The van der Waals surface area contributed by atoms with Crippen molar-refractivity contribution in [3.05, 3.63) is 0 Å². The fourth-order valence-corrected chi connectivity index (χ4v) is 1.03. The SMILES string of the molecule is N#[C][Co-]([C]#N)([C]#N)([C]#N)([C]#N)[C]#N.[K+]. The van der Waals surface area contributed by atoms with Crippen LogP contribution in [-0.4, -0.2) is 0 Å². The molecule has 0 saturated carbocycles. The van der Waals surface area contributed by atoms with Crippen LogP contribution in [0.5, 0.6) is 0 Å². The van der Waals surface area contributed by atoms with Gasteiger partial charge in [-0.1, -0.05) is 0 Å². The molecule has 0 spiro atoms. The molecule has 0 N–H and O–H groups in total. The molecule has 0 aliphatic rings. The van der Waals surface area contributed by atoms with Crippen LogP contribution < -0.4 is 51.4 Å². The first kappa shape index (κ1) is 15.6. The van der Waals surface area contributed by atoms with E-state index in [1.165, 1.54) is 0 Å². The van der Waals surface area contributed by atoms with E-state index in [2.05, 4.69) is 0 Å². The van der Waals surface area contributed by atoms with Crippen LogP contribution in [0.25, 0.3) is 0 Å². The van der Waals surface area contributed by atoms with Gasteiger partial charge in [0, 0.05) is 0 Å². The Morgan fingerprint density at radius 3 is 0.643 bits per heavy atom. The minimum absolute atomic E-state index is 0. The van der Waals surface area contributed by atoms with E-state index < -0.39 is 10.5 Å². The van der Waals surface area contributed by atoms with E-state index in [1.54, 1.807) is 0 Å². The monoisotopic (exact) mass is 254 g/mol. The van der Waals surface area contributed by atoms with Gasteiger partial charge in [-0.05, 0) is 0 Å². The third kappa shape index (κ3) is 1.33. The molecule has 64 valence electrons. The molecule has 0 aliphatic carbocycles. The van der Waals surface area contributed by atoms with Gasteiger partial charge in [-0.15, -0.1) is 0 Å². The maximum absolute atomic E-state index is 8.58. The van der Waals surface area contributed by atoms with Crippen molar-refractivity contribution in [2.45, 2.75) is 0 Å². The fourth-order valence-electron chi connectivity index (χ4n) is 0.250. The quantitative estimate of drug-likeness (QED) is 0.424. The van der Waals surface area contributed by atoms with E-state index >= 15 is 0 Å². The molecule has 0 radical (unpaired) electrons. The van der Waals surface area contributed by atoms with Crippen LogP contribution in [0.15, 0.2) is 0 Å². The summed E-state index contributed by atoms with van der Waals surface area (Å²) in [6, 6.07) is 0. The van der Waals surface area contributed by atoms with Gasteiger partial charge < -0.3 is 0 Å². The van der Waals surface area contributed by atoms with E-state index in [9.17, 15) is 0 Å². The van der Waals surface area contributed by atoms with E-state index in [-0.39, 0.29) is 51.4 Å². The summed E-state index contributed by atoms with van der Waals surface area (Å²) in [5.41, 5.74) is 0. The van der Waals surface area contributed by atoms with E-state index in [0.29, 0.717) is 0 Å². The van der Waals surface area contributed by atoms with E-state index in [1.807, 2.05) is 0 Å². The normalized spacial score (nSPS) is 12.4. The molecule has 0 aromatic heterocycles. The predicted octanol–water partition coefficient (Wildman–Crippen LogP) is -2.90. The van der Waals surface area contributed by atoms with Gasteiger partial charge in [-0.25, -0.2) is 0 Å². The Hall–Kier alpha value is -0.917. The Bertz CT molecular complexity index is 392. The van der Waals surface area contributed by atoms with Crippen molar-refractivity contribution < 1.29 is 61.9 Å². The topological polar surface area (TPSA) is 143 Å². The Labute approximate surface area is 122 Å². The number of rotatable bonds is 0. The Morgan fingerprint density at radius 1 is 0.500 bits per heavy atom. The number of nitriles is 6. The van der Waals surface area contributed by atoms with Crippen LogP contribution in [0.1, 0.15) is 0 Å². The summed E-state index contributed by atoms with van der Waals surface area (Å²) in [6.07, 6.45) is 0. The maximum atomic E-state index is 8.58. The first-order valence-electron chi connectivity index (χ1n) is 2.34. The zero-order chi connectivity index (χ0) is 10.7. The van der Waals surface area contributed by atoms with Crippen molar-refractivity contribution in [3.63, 3.8) is 0 Å². The molecule has 0 amide bonds. The molecule has 8 heteroatoms. The smallest absolute Gasteiger partial charge is 1.00 e. The van der Waals surface area contributed by atoms with Crippen molar-refractivity contribution in [2.24, 2.45) is 0 Å². The van der Waals surface area contributed by atoms with Crippen LogP contribution in [-0.2, 0) is 10.5 Å². The van der Waals surface area contributed by atoms with Gasteiger partial charge in [0.1, 0.15) is 0 Å². The average Bonchev–Trinajstić information content (AvgIpc) is 2.26. The Kier molecular flexibility index (Phi) is 4.09. The standard InChI is InChI=1S/6CN.Co.K/c6*1-2;;/q;;;;;;-1;+1. The second-order valence-electron chi connectivity index (χ2n) is 1.70. The van der Waals surface area contributed by atoms with Crippen LogP contribution in [0.2, 0.25) is 0 Å². The summed E-state index contributed by atoms with van der Waals surface area (Å²) in [6.45, 7) is 0. The molecule has 6 nitrogen and oxygen atoms in total. The Morgan fingerprint density at radius 2 is 0.643 bits per heavy atom. The van der Waals surface area contributed by atoms with Gasteiger partial charge in [0.05, 0.1) is 0 Å². The van der Waals surface area contributed by atoms with Crippen molar-refractivity contribution in [1.82, 2.24) is 0 Å². The van der Waals surface area contributed by atoms with Gasteiger partial charge in [-0.3, -0.25) is 0 Å². The number of hydrogen-bond donors (Lipinski definition) is 0. The van der Waals surface area contributed by atoms with Crippen molar-refractivity contribution in [1.29, 1.82) is 31.6 Å². The van der Waals surface area contributed by atoms with Crippen molar-refractivity contribution >= 4 is 0 Å². The summed E-state index contributed by atoms with van der Waals surface area (Å²) >= 11 is 0. The third-order valence-electron chi connectivity index (χ3n) is 1.12. The van der Waals surface area contributed by atoms with Crippen LogP contribution in [0.4, 0.5) is 0 Å². The molecule has 0 atom stereocenters. The van der Waals surface area contributed by atoms with E-state index in [0.717, 1.165) is 30.0 Å². The molecule has 0 heterocycles. The van der Waals surface area contributed by atoms with Crippen molar-refractivity contribution in [2.75, 3.05) is 0 Å². The molecular formula is C6CoKN6. The maximum Gasteiger partial charge on any atom is 1.00 e. The van der Waals surface area contributed by atoms with Crippen LogP contribution >= 0.6 is 0 Å². The summed E-state index contributed by atoms with van der Waals surface area (Å²) in [4.78, 5) is 0. The molecule has 0 aromatic carbocycles. The summed E-state index contributed by atoms with van der Waals surface area (Å²) in [7, 11) is -6.03. The second kappa shape index (κ2) is 3.68. The predicted molar refractivity (Wildman–Crippen MR) is 33.7 cm³/mol. The summed E-state index contributed by atoms with van der Waals surface area (Å²) < 4.78 is 0. The van der Waals surface area contributed by atoms with Crippen molar-refractivity contribution in [3.8, 4) is 30.0 Å². The van der Waals surface area contributed by atoms with Gasteiger partial charge in [0.25, 0.3) is 0 Å². The first-order valence-corrected chi connectivity index (χ1v) is 5.46. The van der Waals surface area contributed by atoms with Gasteiger partial charge in [0.2, 0.25) is 0 Å². The average molecular weight is 254 g/mol. The molecule has 0 aromatic rings. The third-order valence-corrected chi connectivity index (χ3v) is 4.61. The number of nitrogens with zero attached hydrogens (tertiary/aromatic N) is 6. The Balaban J connectivity index is 0. The molecule has 14 heavy (non-hydrogen) atoms. The summed E-state index contributed by atoms with van der Waals surface area (Å²) in [5, 5.41) is 57.6. The minimum atomic E-state index is -6.03. The zero-order valence-electron chi connectivity index (χ0n) is 7.02. The van der Waals surface area contributed by atoms with Gasteiger partial charge >= 0.3 is 124 Å². The minimum Gasteiger partial charge on any atom is 1.00 e. The molecule has 0 saturated heterocycles. The first-order chi connectivity index (χ1) is 5.97.